The molecule has 0 radical (unpaired) electrons. The number of halogens is 2. The minimum absolute atomic E-state index is 0.425. The third-order valence-electron chi connectivity index (χ3n) is 3.24. The lowest BCUT2D eigenvalue weighted by Gasteiger charge is -2.34. The molecule has 0 bridgehead atoms. The lowest BCUT2D eigenvalue weighted by Crippen LogP contribution is -2.29. The lowest BCUT2D eigenvalue weighted by atomic mass is 9.77. The Hall–Kier alpha value is -0.240. The summed E-state index contributed by atoms with van der Waals surface area (Å²) in [5.74, 6) is 0.757. The monoisotopic (exact) mass is 243 g/mol. The third kappa shape index (κ3) is 2.30. The molecular weight excluding hydrogens is 229 g/mol. The van der Waals surface area contributed by atoms with E-state index in [1.54, 1.807) is 0 Å². The molecule has 3 heteroatoms. The maximum Gasteiger partial charge on any atom is 0.0595 e. The Bertz CT molecular complexity index is 347. The van der Waals surface area contributed by atoms with Crippen LogP contribution in [0, 0.1) is 5.92 Å². The second-order valence-electron chi connectivity index (χ2n) is 4.13. The van der Waals surface area contributed by atoms with Gasteiger partial charge in [-0.15, -0.1) is 0 Å². The first kappa shape index (κ1) is 11.3. The van der Waals surface area contributed by atoms with Crippen LogP contribution in [0.4, 0.5) is 0 Å². The van der Waals surface area contributed by atoms with Crippen LogP contribution in [0.25, 0.3) is 0 Å². The Morgan fingerprint density at radius 2 is 2.00 bits per heavy atom. The molecule has 1 nitrogen and oxygen atoms in total. The van der Waals surface area contributed by atoms with E-state index >= 15 is 0 Å². The molecule has 1 fully saturated rings. The predicted molar refractivity (Wildman–Crippen MR) is 65.6 cm³/mol. The van der Waals surface area contributed by atoms with Gasteiger partial charge in [-0.1, -0.05) is 35.7 Å². The van der Waals surface area contributed by atoms with Crippen LogP contribution in [0.3, 0.4) is 0 Å². The Labute approximate surface area is 101 Å². The topological polar surface area (TPSA) is 12.0 Å². The summed E-state index contributed by atoms with van der Waals surface area (Å²) < 4.78 is 0. The number of rotatable bonds is 3. The molecule has 0 aromatic heterocycles. The number of hydrogen-bond donors (Lipinski definition) is 1. The van der Waals surface area contributed by atoms with Gasteiger partial charge < -0.3 is 5.32 Å². The maximum absolute atomic E-state index is 6.02. The first-order valence-corrected chi connectivity index (χ1v) is 6.10. The normalized spacial score (nSPS) is 18.6. The van der Waals surface area contributed by atoms with Gasteiger partial charge in [0.25, 0.3) is 0 Å². The van der Waals surface area contributed by atoms with E-state index in [4.69, 9.17) is 23.2 Å². The minimum Gasteiger partial charge on any atom is -0.313 e. The van der Waals surface area contributed by atoms with Crippen LogP contribution in [-0.2, 0) is 0 Å². The molecule has 2 rings (SSSR count). The fourth-order valence-electron chi connectivity index (χ4n) is 2.15. The summed E-state index contributed by atoms with van der Waals surface area (Å²) in [6, 6.07) is 6.34. The van der Waals surface area contributed by atoms with Gasteiger partial charge in [0.15, 0.2) is 0 Å². The Morgan fingerprint density at radius 3 is 2.47 bits per heavy atom. The van der Waals surface area contributed by atoms with Crippen molar-refractivity contribution in [3.8, 4) is 0 Å². The first-order valence-electron chi connectivity index (χ1n) is 5.34. The largest absolute Gasteiger partial charge is 0.313 e. The highest BCUT2D eigenvalue weighted by molar-refractivity contribution is 6.42. The number of benzene rings is 1. The lowest BCUT2D eigenvalue weighted by molar-refractivity contribution is 0.239. The first-order chi connectivity index (χ1) is 7.22. The number of nitrogens with one attached hydrogen (secondary N) is 1. The van der Waals surface area contributed by atoms with Gasteiger partial charge >= 0.3 is 0 Å². The van der Waals surface area contributed by atoms with Crippen molar-refractivity contribution in [1.82, 2.24) is 5.32 Å². The average molecular weight is 244 g/mol. The summed E-state index contributed by atoms with van der Waals surface area (Å²) in [7, 11) is 2.01. The van der Waals surface area contributed by atoms with Gasteiger partial charge in [-0.3, -0.25) is 0 Å². The standard InChI is InChI=1S/C12H15Cl2N/c1-15-12(8-3-2-4-8)9-5-6-10(13)11(14)7-9/h5-8,12,15H,2-4H2,1H3. The van der Waals surface area contributed by atoms with E-state index in [9.17, 15) is 0 Å². The molecule has 0 spiro atoms. The van der Waals surface area contributed by atoms with E-state index in [-0.39, 0.29) is 0 Å². The summed E-state index contributed by atoms with van der Waals surface area (Å²) in [6.45, 7) is 0. The molecule has 1 aromatic rings. The van der Waals surface area contributed by atoms with E-state index in [0.29, 0.717) is 16.1 Å². The van der Waals surface area contributed by atoms with Crippen molar-refractivity contribution in [2.24, 2.45) is 5.92 Å². The van der Waals surface area contributed by atoms with Gasteiger partial charge in [0, 0.05) is 6.04 Å². The molecule has 0 aliphatic heterocycles. The molecule has 0 heterocycles. The molecule has 1 N–H and O–H groups in total. The van der Waals surface area contributed by atoms with Gasteiger partial charge in [0.05, 0.1) is 10.0 Å². The van der Waals surface area contributed by atoms with Crippen molar-refractivity contribution in [1.29, 1.82) is 0 Å². The SMILES string of the molecule is CNC(c1ccc(Cl)c(Cl)c1)C1CCC1. The van der Waals surface area contributed by atoms with Gasteiger partial charge in [0.2, 0.25) is 0 Å². The molecule has 1 atom stereocenters. The third-order valence-corrected chi connectivity index (χ3v) is 3.97. The zero-order valence-corrected chi connectivity index (χ0v) is 10.3. The zero-order chi connectivity index (χ0) is 10.8. The molecule has 15 heavy (non-hydrogen) atoms. The quantitative estimate of drug-likeness (QED) is 0.845. The van der Waals surface area contributed by atoms with Crippen LogP contribution in [0.5, 0.6) is 0 Å². The smallest absolute Gasteiger partial charge is 0.0595 e. The highest BCUT2D eigenvalue weighted by Crippen LogP contribution is 2.38. The Balaban J connectivity index is 2.21. The van der Waals surface area contributed by atoms with Crippen molar-refractivity contribution in [3.05, 3.63) is 33.8 Å². The zero-order valence-electron chi connectivity index (χ0n) is 8.76. The molecule has 1 aromatic carbocycles. The van der Waals surface area contributed by atoms with Gasteiger partial charge in [0.1, 0.15) is 0 Å². The van der Waals surface area contributed by atoms with Crippen molar-refractivity contribution >= 4 is 23.2 Å². The van der Waals surface area contributed by atoms with Crippen molar-refractivity contribution in [2.75, 3.05) is 7.05 Å². The molecule has 0 amide bonds. The van der Waals surface area contributed by atoms with E-state index in [1.165, 1.54) is 24.8 Å². The van der Waals surface area contributed by atoms with Crippen LogP contribution < -0.4 is 5.32 Å². The van der Waals surface area contributed by atoms with Crippen molar-refractivity contribution < 1.29 is 0 Å². The molecule has 1 aliphatic rings. The Kier molecular flexibility index (Phi) is 3.55. The van der Waals surface area contributed by atoms with Crippen molar-refractivity contribution in [3.63, 3.8) is 0 Å². The summed E-state index contributed by atoms with van der Waals surface area (Å²) in [5, 5.41) is 4.64. The van der Waals surface area contributed by atoms with E-state index < -0.39 is 0 Å². The van der Waals surface area contributed by atoms with E-state index in [0.717, 1.165) is 5.92 Å². The van der Waals surface area contributed by atoms with Gasteiger partial charge in [-0.2, -0.15) is 0 Å². The van der Waals surface area contributed by atoms with Gasteiger partial charge in [-0.25, -0.2) is 0 Å². The molecule has 0 saturated heterocycles. The number of hydrogen-bond acceptors (Lipinski definition) is 1. The summed E-state index contributed by atoms with van der Waals surface area (Å²) in [6.07, 6.45) is 3.97. The fourth-order valence-corrected chi connectivity index (χ4v) is 2.46. The predicted octanol–water partition coefficient (Wildman–Crippen LogP) is 4.05. The van der Waals surface area contributed by atoms with Gasteiger partial charge in [-0.05, 0) is 43.5 Å². The summed E-state index contributed by atoms with van der Waals surface area (Å²) in [4.78, 5) is 0. The highest BCUT2D eigenvalue weighted by atomic mass is 35.5. The van der Waals surface area contributed by atoms with Crippen LogP contribution in [0.2, 0.25) is 10.0 Å². The summed E-state index contributed by atoms with van der Waals surface area (Å²) in [5.41, 5.74) is 1.25. The van der Waals surface area contributed by atoms with E-state index in [1.807, 2.05) is 19.2 Å². The highest BCUT2D eigenvalue weighted by Gasteiger charge is 2.27. The molecule has 1 aliphatic carbocycles. The second-order valence-corrected chi connectivity index (χ2v) is 4.95. The van der Waals surface area contributed by atoms with E-state index in [2.05, 4.69) is 11.4 Å². The molecule has 82 valence electrons. The fraction of sp³-hybridized carbons (Fsp3) is 0.500. The molecule has 1 saturated carbocycles. The molecular formula is C12H15Cl2N. The maximum atomic E-state index is 6.02. The van der Waals surface area contributed by atoms with Crippen molar-refractivity contribution in [2.45, 2.75) is 25.3 Å². The minimum atomic E-state index is 0.425. The van der Waals surface area contributed by atoms with Crippen LogP contribution in [-0.4, -0.2) is 7.05 Å². The molecule has 1 unspecified atom stereocenters. The summed E-state index contributed by atoms with van der Waals surface area (Å²) >= 11 is 11.9. The van der Waals surface area contributed by atoms with Crippen LogP contribution >= 0.6 is 23.2 Å². The second kappa shape index (κ2) is 4.73. The Morgan fingerprint density at radius 1 is 1.27 bits per heavy atom. The van der Waals surface area contributed by atoms with Crippen LogP contribution in [0.15, 0.2) is 18.2 Å². The van der Waals surface area contributed by atoms with Crippen LogP contribution in [0.1, 0.15) is 30.9 Å². The average Bonchev–Trinajstić information content (AvgIpc) is 2.16.